The number of nitrogens with one attached hydrogen (secondary N) is 1. The SMILES string of the molecule is CNC(=O)[C@@H]1CN(c2nnnn2Cc2ccc(-c3ccccc3)cc2)CCO1. The van der Waals surface area contributed by atoms with E-state index in [0.717, 1.165) is 5.56 Å². The lowest BCUT2D eigenvalue weighted by Gasteiger charge is -2.32. The number of tetrazole rings is 1. The first-order valence-electron chi connectivity index (χ1n) is 9.23. The van der Waals surface area contributed by atoms with E-state index < -0.39 is 6.10 Å². The van der Waals surface area contributed by atoms with Crippen molar-refractivity contribution in [3.05, 3.63) is 60.2 Å². The average molecular weight is 378 g/mol. The van der Waals surface area contributed by atoms with E-state index in [-0.39, 0.29) is 5.91 Å². The first-order chi connectivity index (χ1) is 13.7. The van der Waals surface area contributed by atoms with Gasteiger partial charge in [-0.2, -0.15) is 0 Å². The first kappa shape index (κ1) is 18.1. The number of amides is 1. The second-order valence-corrected chi connectivity index (χ2v) is 6.62. The summed E-state index contributed by atoms with van der Waals surface area (Å²) in [6, 6.07) is 18.6. The molecule has 1 aromatic heterocycles. The molecule has 1 aliphatic heterocycles. The van der Waals surface area contributed by atoms with Gasteiger partial charge in [0.25, 0.3) is 5.91 Å². The molecule has 4 rings (SSSR count). The average Bonchev–Trinajstić information content (AvgIpc) is 3.22. The molecular formula is C20H22N6O2. The van der Waals surface area contributed by atoms with E-state index >= 15 is 0 Å². The van der Waals surface area contributed by atoms with E-state index in [1.807, 2.05) is 23.1 Å². The zero-order valence-corrected chi connectivity index (χ0v) is 15.7. The summed E-state index contributed by atoms with van der Waals surface area (Å²) in [5.41, 5.74) is 3.46. The fraction of sp³-hybridized carbons (Fsp3) is 0.300. The topological polar surface area (TPSA) is 85.2 Å². The van der Waals surface area contributed by atoms with E-state index in [1.165, 1.54) is 11.1 Å². The summed E-state index contributed by atoms with van der Waals surface area (Å²) >= 11 is 0. The molecule has 1 atom stereocenters. The number of morpholine rings is 1. The van der Waals surface area contributed by atoms with Crippen LogP contribution < -0.4 is 10.2 Å². The van der Waals surface area contributed by atoms with Crippen molar-refractivity contribution in [2.45, 2.75) is 12.6 Å². The summed E-state index contributed by atoms with van der Waals surface area (Å²) in [5, 5.41) is 14.7. The lowest BCUT2D eigenvalue weighted by molar-refractivity contribution is -0.132. The molecule has 1 fully saturated rings. The zero-order valence-electron chi connectivity index (χ0n) is 15.7. The van der Waals surface area contributed by atoms with Crippen LogP contribution in [0.25, 0.3) is 11.1 Å². The van der Waals surface area contributed by atoms with Gasteiger partial charge < -0.3 is 15.0 Å². The molecule has 1 amide bonds. The van der Waals surface area contributed by atoms with Crippen LogP contribution >= 0.6 is 0 Å². The number of likely N-dealkylation sites (N-methyl/N-ethyl adjacent to an activating group) is 1. The Bertz CT molecular complexity index is 925. The number of rotatable bonds is 5. The summed E-state index contributed by atoms with van der Waals surface area (Å²) in [7, 11) is 1.60. The van der Waals surface area contributed by atoms with Crippen molar-refractivity contribution in [2.75, 3.05) is 31.6 Å². The molecule has 1 aliphatic rings. The van der Waals surface area contributed by atoms with Gasteiger partial charge in [0.1, 0.15) is 0 Å². The van der Waals surface area contributed by atoms with Gasteiger partial charge in [-0.15, -0.1) is 0 Å². The number of carbonyl (C=O) groups excluding carboxylic acids is 1. The Morgan fingerprint density at radius 3 is 2.64 bits per heavy atom. The van der Waals surface area contributed by atoms with Gasteiger partial charge in [-0.25, -0.2) is 4.68 Å². The lowest BCUT2D eigenvalue weighted by atomic mass is 10.0. The Kier molecular flexibility index (Phi) is 5.29. The standard InChI is InChI=1S/C20H22N6O2/c1-21-19(27)18-14-25(11-12-28-18)20-22-23-24-26(20)13-15-7-9-17(10-8-15)16-5-3-2-4-6-16/h2-10,18H,11-14H2,1H3,(H,21,27)/t18-/m0/s1. The normalized spacial score (nSPS) is 16.8. The summed E-state index contributed by atoms with van der Waals surface area (Å²) in [4.78, 5) is 13.9. The van der Waals surface area contributed by atoms with Gasteiger partial charge in [0.2, 0.25) is 5.95 Å². The lowest BCUT2D eigenvalue weighted by Crippen LogP contribution is -2.50. The number of carbonyl (C=O) groups is 1. The van der Waals surface area contributed by atoms with Crippen molar-refractivity contribution in [1.29, 1.82) is 0 Å². The first-order valence-corrected chi connectivity index (χ1v) is 9.23. The van der Waals surface area contributed by atoms with Crippen molar-refractivity contribution in [2.24, 2.45) is 0 Å². The molecule has 2 aromatic carbocycles. The van der Waals surface area contributed by atoms with Crippen LogP contribution in [-0.2, 0) is 16.1 Å². The van der Waals surface area contributed by atoms with Crippen molar-refractivity contribution in [1.82, 2.24) is 25.5 Å². The second kappa shape index (κ2) is 8.18. The molecule has 8 nitrogen and oxygen atoms in total. The number of hydrogen-bond donors (Lipinski definition) is 1. The molecule has 28 heavy (non-hydrogen) atoms. The second-order valence-electron chi connectivity index (χ2n) is 6.62. The minimum atomic E-state index is -0.519. The molecule has 2 heterocycles. The molecule has 1 saturated heterocycles. The molecule has 3 aromatic rings. The molecular weight excluding hydrogens is 356 g/mol. The van der Waals surface area contributed by atoms with Crippen molar-refractivity contribution in [3.63, 3.8) is 0 Å². The van der Waals surface area contributed by atoms with Crippen LogP contribution in [0.1, 0.15) is 5.56 Å². The van der Waals surface area contributed by atoms with Crippen LogP contribution in [0.15, 0.2) is 54.6 Å². The summed E-state index contributed by atoms with van der Waals surface area (Å²) in [6.07, 6.45) is -0.519. The molecule has 0 radical (unpaired) electrons. The molecule has 144 valence electrons. The molecule has 0 unspecified atom stereocenters. The van der Waals surface area contributed by atoms with E-state index in [2.05, 4.69) is 57.2 Å². The van der Waals surface area contributed by atoms with Gasteiger partial charge in [-0.1, -0.05) is 59.7 Å². The Hall–Kier alpha value is -3.26. The number of hydrogen-bond acceptors (Lipinski definition) is 6. The number of benzene rings is 2. The van der Waals surface area contributed by atoms with Gasteiger partial charge in [0.05, 0.1) is 19.7 Å². The highest BCUT2D eigenvalue weighted by Crippen LogP contribution is 2.20. The third kappa shape index (κ3) is 3.86. The van der Waals surface area contributed by atoms with Gasteiger partial charge in [-0.3, -0.25) is 4.79 Å². The maximum absolute atomic E-state index is 11.9. The molecule has 0 spiro atoms. The largest absolute Gasteiger partial charge is 0.365 e. The molecule has 0 saturated carbocycles. The van der Waals surface area contributed by atoms with Crippen LogP contribution in [0.5, 0.6) is 0 Å². The Morgan fingerprint density at radius 2 is 1.89 bits per heavy atom. The Labute approximate surface area is 163 Å². The van der Waals surface area contributed by atoms with Gasteiger partial charge >= 0.3 is 0 Å². The summed E-state index contributed by atoms with van der Waals surface area (Å²) < 4.78 is 7.29. The van der Waals surface area contributed by atoms with E-state index in [1.54, 1.807) is 11.7 Å². The maximum Gasteiger partial charge on any atom is 0.250 e. The molecule has 0 aliphatic carbocycles. The van der Waals surface area contributed by atoms with Crippen LogP contribution in [0.2, 0.25) is 0 Å². The van der Waals surface area contributed by atoms with Crippen LogP contribution in [0.3, 0.4) is 0 Å². The number of anilines is 1. The minimum absolute atomic E-state index is 0.139. The quantitative estimate of drug-likeness (QED) is 0.721. The van der Waals surface area contributed by atoms with E-state index in [4.69, 9.17) is 4.74 Å². The van der Waals surface area contributed by atoms with E-state index in [9.17, 15) is 4.79 Å². The maximum atomic E-state index is 11.9. The van der Waals surface area contributed by atoms with Crippen molar-refractivity contribution < 1.29 is 9.53 Å². The summed E-state index contributed by atoms with van der Waals surface area (Å²) in [6.45, 7) is 2.07. The number of aromatic nitrogens is 4. The minimum Gasteiger partial charge on any atom is -0.365 e. The van der Waals surface area contributed by atoms with Crippen molar-refractivity contribution >= 4 is 11.9 Å². The zero-order chi connectivity index (χ0) is 19.3. The Balaban J connectivity index is 1.48. The smallest absolute Gasteiger partial charge is 0.250 e. The fourth-order valence-corrected chi connectivity index (χ4v) is 3.29. The predicted octanol–water partition coefficient (Wildman–Crippen LogP) is 1.34. The van der Waals surface area contributed by atoms with Crippen LogP contribution in [0.4, 0.5) is 5.95 Å². The molecule has 0 bridgehead atoms. The highest BCUT2D eigenvalue weighted by molar-refractivity contribution is 5.81. The third-order valence-electron chi connectivity index (χ3n) is 4.79. The fourth-order valence-electron chi connectivity index (χ4n) is 3.29. The van der Waals surface area contributed by atoms with Crippen molar-refractivity contribution in [3.8, 4) is 11.1 Å². The van der Waals surface area contributed by atoms with E-state index in [0.29, 0.717) is 32.2 Å². The monoisotopic (exact) mass is 378 g/mol. The highest BCUT2D eigenvalue weighted by atomic mass is 16.5. The summed E-state index contributed by atoms with van der Waals surface area (Å²) in [5.74, 6) is 0.504. The predicted molar refractivity (Wildman–Crippen MR) is 105 cm³/mol. The highest BCUT2D eigenvalue weighted by Gasteiger charge is 2.28. The third-order valence-corrected chi connectivity index (χ3v) is 4.79. The van der Waals surface area contributed by atoms with Crippen LogP contribution in [-0.4, -0.2) is 59.0 Å². The van der Waals surface area contributed by atoms with Gasteiger partial charge in [0, 0.05) is 13.6 Å². The van der Waals surface area contributed by atoms with Gasteiger partial charge in [-0.05, 0) is 27.1 Å². The van der Waals surface area contributed by atoms with Crippen LogP contribution in [0, 0.1) is 0 Å². The molecule has 1 N–H and O–H groups in total. The number of ether oxygens (including phenoxy) is 1. The number of nitrogens with zero attached hydrogens (tertiary/aromatic N) is 5. The molecule has 8 heteroatoms. The van der Waals surface area contributed by atoms with Gasteiger partial charge in [0.15, 0.2) is 6.10 Å². The Morgan fingerprint density at radius 1 is 1.14 bits per heavy atom.